The SMILES string of the molecule is CCCCC(CC)CNC(=NCc1ccc(C(N)=O)cc1)NCC. The molecule has 4 N–H and O–H groups in total. The molecule has 1 rings (SSSR count). The molecule has 5 nitrogen and oxygen atoms in total. The molecule has 1 amide bonds. The Morgan fingerprint density at radius 1 is 1.17 bits per heavy atom. The van der Waals surface area contributed by atoms with E-state index in [1.54, 1.807) is 12.1 Å². The van der Waals surface area contributed by atoms with Crippen molar-refractivity contribution in [1.82, 2.24) is 10.6 Å². The minimum atomic E-state index is -0.405. The van der Waals surface area contributed by atoms with E-state index < -0.39 is 5.91 Å². The summed E-state index contributed by atoms with van der Waals surface area (Å²) in [5, 5.41) is 6.73. The molecule has 1 aromatic rings. The maximum atomic E-state index is 11.1. The third kappa shape index (κ3) is 7.49. The van der Waals surface area contributed by atoms with Crippen LogP contribution >= 0.6 is 0 Å². The normalized spacial score (nSPS) is 12.7. The quantitative estimate of drug-likeness (QED) is 0.455. The van der Waals surface area contributed by atoms with Crippen molar-refractivity contribution in [3.8, 4) is 0 Å². The maximum Gasteiger partial charge on any atom is 0.248 e. The summed E-state index contributed by atoms with van der Waals surface area (Å²) in [7, 11) is 0. The van der Waals surface area contributed by atoms with Gasteiger partial charge in [-0.3, -0.25) is 4.79 Å². The molecule has 0 aliphatic carbocycles. The second-order valence-electron chi connectivity index (χ2n) is 6.05. The van der Waals surface area contributed by atoms with E-state index in [4.69, 9.17) is 5.73 Å². The second-order valence-corrected chi connectivity index (χ2v) is 6.05. The lowest BCUT2D eigenvalue weighted by Gasteiger charge is -2.18. The molecule has 0 spiro atoms. The fourth-order valence-electron chi connectivity index (χ4n) is 2.47. The minimum absolute atomic E-state index is 0.405. The monoisotopic (exact) mass is 332 g/mol. The number of rotatable bonds is 10. The van der Waals surface area contributed by atoms with Gasteiger partial charge in [-0.05, 0) is 37.0 Å². The molecular formula is C19H32N4O. The first-order valence-electron chi connectivity index (χ1n) is 9.01. The lowest BCUT2D eigenvalue weighted by Crippen LogP contribution is -2.39. The van der Waals surface area contributed by atoms with Gasteiger partial charge in [0, 0.05) is 18.7 Å². The average Bonchev–Trinajstić information content (AvgIpc) is 2.60. The maximum absolute atomic E-state index is 11.1. The van der Waals surface area contributed by atoms with Crippen molar-refractivity contribution in [2.45, 2.75) is 53.0 Å². The fraction of sp³-hybridized carbons (Fsp3) is 0.579. The third-order valence-electron chi connectivity index (χ3n) is 4.10. The van der Waals surface area contributed by atoms with Crippen LogP contribution in [0.3, 0.4) is 0 Å². The Labute approximate surface area is 146 Å². The zero-order valence-electron chi connectivity index (χ0n) is 15.3. The highest BCUT2D eigenvalue weighted by molar-refractivity contribution is 5.92. The predicted octanol–water partition coefficient (Wildman–Crippen LogP) is 3.06. The summed E-state index contributed by atoms with van der Waals surface area (Å²) >= 11 is 0. The number of hydrogen-bond donors (Lipinski definition) is 3. The van der Waals surface area contributed by atoms with E-state index in [1.807, 2.05) is 12.1 Å². The minimum Gasteiger partial charge on any atom is -0.366 e. The largest absolute Gasteiger partial charge is 0.366 e. The summed E-state index contributed by atoms with van der Waals surface area (Å²) in [6.45, 7) is 8.88. The van der Waals surface area contributed by atoms with Crippen LogP contribution in [0.2, 0.25) is 0 Å². The van der Waals surface area contributed by atoms with Crippen molar-refractivity contribution in [3.05, 3.63) is 35.4 Å². The van der Waals surface area contributed by atoms with Crippen LogP contribution in [0.5, 0.6) is 0 Å². The summed E-state index contributed by atoms with van der Waals surface area (Å²) in [5.74, 6) is 1.12. The lowest BCUT2D eigenvalue weighted by atomic mass is 9.99. The number of unbranched alkanes of at least 4 members (excludes halogenated alkanes) is 1. The number of carbonyl (C=O) groups is 1. The van der Waals surface area contributed by atoms with Gasteiger partial charge in [0.05, 0.1) is 6.54 Å². The van der Waals surface area contributed by atoms with Crippen molar-refractivity contribution in [3.63, 3.8) is 0 Å². The molecule has 0 saturated carbocycles. The number of nitrogens with two attached hydrogens (primary N) is 1. The third-order valence-corrected chi connectivity index (χ3v) is 4.10. The van der Waals surface area contributed by atoms with Gasteiger partial charge in [0.15, 0.2) is 5.96 Å². The summed E-state index contributed by atoms with van der Waals surface area (Å²) in [4.78, 5) is 15.7. The van der Waals surface area contributed by atoms with Crippen LogP contribution in [0, 0.1) is 5.92 Å². The molecule has 24 heavy (non-hydrogen) atoms. The van der Waals surface area contributed by atoms with Crippen molar-refractivity contribution in [1.29, 1.82) is 0 Å². The van der Waals surface area contributed by atoms with Gasteiger partial charge in [0.2, 0.25) is 5.91 Å². The van der Waals surface area contributed by atoms with E-state index in [0.29, 0.717) is 18.0 Å². The first-order valence-corrected chi connectivity index (χ1v) is 9.01. The highest BCUT2D eigenvalue weighted by atomic mass is 16.1. The molecule has 5 heteroatoms. The number of primary amides is 1. The standard InChI is InChI=1S/C19H32N4O/c1-4-7-8-15(5-2)13-22-19(21-6-3)23-14-16-9-11-17(12-10-16)18(20)24/h9-12,15H,4-8,13-14H2,1-3H3,(H2,20,24)(H2,21,22,23). The molecule has 0 aliphatic heterocycles. The highest BCUT2D eigenvalue weighted by Crippen LogP contribution is 2.11. The molecule has 1 atom stereocenters. The molecular weight excluding hydrogens is 300 g/mol. The molecule has 0 aromatic heterocycles. The van der Waals surface area contributed by atoms with Gasteiger partial charge in [-0.2, -0.15) is 0 Å². The Kier molecular flexibility index (Phi) is 9.58. The van der Waals surface area contributed by atoms with Crippen LogP contribution in [-0.4, -0.2) is 25.0 Å². The first-order chi connectivity index (χ1) is 11.6. The zero-order chi connectivity index (χ0) is 17.8. The van der Waals surface area contributed by atoms with Gasteiger partial charge in [0.1, 0.15) is 0 Å². The van der Waals surface area contributed by atoms with Gasteiger partial charge < -0.3 is 16.4 Å². The van der Waals surface area contributed by atoms with Crippen LogP contribution in [-0.2, 0) is 6.54 Å². The second kappa shape index (κ2) is 11.5. The number of guanidine groups is 1. The molecule has 0 heterocycles. The molecule has 0 saturated heterocycles. The smallest absolute Gasteiger partial charge is 0.248 e. The summed E-state index contributed by atoms with van der Waals surface area (Å²) in [6.07, 6.45) is 4.96. The van der Waals surface area contributed by atoms with E-state index in [-0.39, 0.29) is 0 Å². The van der Waals surface area contributed by atoms with Crippen LogP contribution in [0.25, 0.3) is 0 Å². The van der Waals surface area contributed by atoms with Crippen LogP contribution in [0.15, 0.2) is 29.3 Å². The Bertz CT molecular complexity index is 511. The zero-order valence-corrected chi connectivity index (χ0v) is 15.3. The molecule has 134 valence electrons. The summed E-state index contributed by atoms with van der Waals surface area (Å²) in [6, 6.07) is 7.27. The summed E-state index contributed by atoms with van der Waals surface area (Å²) in [5.41, 5.74) is 6.83. The number of aliphatic imine (C=N–C) groups is 1. The molecule has 1 aromatic carbocycles. The Hall–Kier alpha value is -2.04. The van der Waals surface area contributed by atoms with Crippen molar-refractivity contribution < 1.29 is 4.79 Å². The van der Waals surface area contributed by atoms with Gasteiger partial charge in [-0.15, -0.1) is 0 Å². The van der Waals surface area contributed by atoms with E-state index in [9.17, 15) is 4.79 Å². The van der Waals surface area contributed by atoms with E-state index in [0.717, 1.165) is 24.6 Å². The van der Waals surface area contributed by atoms with Crippen LogP contribution < -0.4 is 16.4 Å². The van der Waals surface area contributed by atoms with Crippen molar-refractivity contribution >= 4 is 11.9 Å². The van der Waals surface area contributed by atoms with E-state index in [2.05, 4.69) is 36.4 Å². The Morgan fingerprint density at radius 3 is 2.42 bits per heavy atom. The van der Waals surface area contributed by atoms with Gasteiger partial charge >= 0.3 is 0 Å². The number of hydrogen-bond acceptors (Lipinski definition) is 2. The lowest BCUT2D eigenvalue weighted by molar-refractivity contribution is 0.100. The van der Waals surface area contributed by atoms with Crippen LogP contribution in [0.4, 0.5) is 0 Å². The summed E-state index contributed by atoms with van der Waals surface area (Å²) < 4.78 is 0. The van der Waals surface area contributed by atoms with Gasteiger partial charge in [0.25, 0.3) is 0 Å². The Morgan fingerprint density at radius 2 is 1.88 bits per heavy atom. The molecule has 0 aliphatic rings. The number of nitrogens with one attached hydrogen (secondary N) is 2. The number of nitrogens with zero attached hydrogens (tertiary/aromatic N) is 1. The van der Waals surface area contributed by atoms with Gasteiger partial charge in [-0.25, -0.2) is 4.99 Å². The van der Waals surface area contributed by atoms with Crippen molar-refractivity contribution in [2.75, 3.05) is 13.1 Å². The predicted molar refractivity (Wildman–Crippen MR) is 101 cm³/mol. The van der Waals surface area contributed by atoms with E-state index in [1.165, 1.54) is 25.7 Å². The van der Waals surface area contributed by atoms with E-state index >= 15 is 0 Å². The molecule has 1 unspecified atom stereocenters. The Balaban J connectivity index is 2.59. The molecule has 0 radical (unpaired) electrons. The molecule has 0 bridgehead atoms. The number of carbonyl (C=O) groups excluding carboxylic acids is 1. The van der Waals surface area contributed by atoms with Crippen LogP contribution in [0.1, 0.15) is 62.4 Å². The first kappa shape index (κ1) is 20.0. The topological polar surface area (TPSA) is 79.5 Å². The highest BCUT2D eigenvalue weighted by Gasteiger charge is 2.07. The average molecular weight is 332 g/mol. The van der Waals surface area contributed by atoms with Gasteiger partial charge in [-0.1, -0.05) is 45.2 Å². The number of amides is 1. The molecule has 0 fully saturated rings. The fourth-order valence-corrected chi connectivity index (χ4v) is 2.47. The number of benzene rings is 1. The van der Waals surface area contributed by atoms with Crippen molar-refractivity contribution in [2.24, 2.45) is 16.6 Å².